The third kappa shape index (κ3) is 4.48. The summed E-state index contributed by atoms with van der Waals surface area (Å²) in [4.78, 5) is 4.23. The molecule has 0 saturated heterocycles. The molecule has 2 rings (SSSR count). The Balaban J connectivity index is 2.41. The van der Waals surface area contributed by atoms with Crippen LogP contribution in [0.5, 0.6) is 5.75 Å². The normalized spacial score (nSPS) is 12.0. The van der Waals surface area contributed by atoms with Crippen molar-refractivity contribution >= 4 is 13.5 Å². The highest BCUT2D eigenvalue weighted by molar-refractivity contribution is 6.89. The van der Waals surface area contributed by atoms with E-state index in [0.29, 0.717) is 17.7 Å². The highest BCUT2D eigenvalue weighted by atomic mass is 28.4. The van der Waals surface area contributed by atoms with Gasteiger partial charge < -0.3 is 13.9 Å². The Kier molecular flexibility index (Phi) is 7.17. The molecular formula is C20H29NO3Si. The summed E-state index contributed by atoms with van der Waals surface area (Å²) >= 11 is 0. The van der Waals surface area contributed by atoms with Crippen LogP contribution in [0.2, 0.25) is 11.1 Å². The zero-order chi connectivity index (χ0) is 18.3. The number of pyridine rings is 1. The largest absolute Gasteiger partial charge is 0.466 e. The van der Waals surface area contributed by atoms with Crippen molar-refractivity contribution in [2.45, 2.75) is 45.4 Å². The molecule has 0 atom stereocenters. The van der Waals surface area contributed by atoms with Crippen molar-refractivity contribution in [3.8, 4) is 5.75 Å². The van der Waals surface area contributed by atoms with Gasteiger partial charge in [0.25, 0.3) is 0 Å². The van der Waals surface area contributed by atoms with Crippen LogP contribution >= 0.6 is 0 Å². The Hall–Kier alpha value is -1.69. The first-order chi connectivity index (χ1) is 12.0. The number of nitrogens with zero attached hydrogens (tertiary/aromatic N) is 1. The summed E-state index contributed by atoms with van der Waals surface area (Å²) in [7, 11) is -0.702. The summed E-state index contributed by atoms with van der Waals surface area (Å²) in [5, 5.41) is 1.15. The number of aromatic nitrogens is 1. The van der Waals surface area contributed by atoms with E-state index in [-0.39, 0.29) is 6.79 Å². The van der Waals surface area contributed by atoms with Crippen molar-refractivity contribution < 1.29 is 13.9 Å². The molecule has 1 aromatic carbocycles. The van der Waals surface area contributed by atoms with E-state index in [2.05, 4.69) is 50.9 Å². The van der Waals surface area contributed by atoms with Gasteiger partial charge in [0, 0.05) is 18.5 Å². The minimum absolute atomic E-state index is 0.206. The molecule has 0 aliphatic carbocycles. The third-order valence-corrected chi connectivity index (χ3v) is 9.88. The molecule has 4 nitrogen and oxygen atoms in total. The van der Waals surface area contributed by atoms with Crippen LogP contribution < -0.4 is 9.92 Å². The van der Waals surface area contributed by atoms with Crippen molar-refractivity contribution in [2.75, 3.05) is 13.9 Å². The van der Waals surface area contributed by atoms with E-state index in [9.17, 15) is 0 Å². The second-order valence-corrected chi connectivity index (χ2v) is 11.5. The minimum Gasteiger partial charge on any atom is -0.466 e. The topological polar surface area (TPSA) is 40.6 Å². The van der Waals surface area contributed by atoms with E-state index >= 15 is 0 Å². The van der Waals surface area contributed by atoms with E-state index < -0.39 is 8.32 Å². The highest BCUT2D eigenvalue weighted by Gasteiger charge is 2.46. The zero-order valence-electron chi connectivity index (χ0n) is 15.9. The van der Waals surface area contributed by atoms with Crippen molar-refractivity contribution in [1.29, 1.82) is 0 Å². The van der Waals surface area contributed by atoms with Gasteiger partial charge in [-0.2, -0.15) is 0 Å². The van der Waals surface area contributed by atoms with E-state index in [4.69, 9.17) is 13.9 Å². The summed E-state index contributed by atoms with van der Waals surface area (Å²) in [5.41, 5.74) is 1.97. The fourth-order valence-corrected chi connectivity index (χ4v) is 8.08. The van der Waals surface area contributed by atoms with Gasteiger partial charge in [-0.3, -0.25) is 4.98 Å². The quantitative estimate of drug-likeness (QED) is 0.496. The van der Waals surface area contributed by atoms with Crippen LogP contribution in [0.4, 0.5) is 0 Å². The predicted molar refractivity (Wildman–Crippen MR) is 104 cm³/mol. The number of ether oxygens (including phenoxy) is 2. The second-order valence-electron chi connectivity index (χ2n) is 6.80. The van der Waals surface area contributed by atoms with Crippen molar-refractivity contribution in [1.82, 2.24) is 4.98 Å². The third-order valence-electron chi connectivity index (χ3n) is 4.57. The minimum atomic E-state index is -2.32. The summed E-state index contributed by atoms with van der Waals surface area (Å²) in [6.45, 7) is 9.80. The lowest BCUT2D eigenvalue weighted by Gasteiger charge is -2.39. The fourth-order valence-electron chi connectivity index (χ4n) is 3.42. The molecule has 0 bridgehead atoms. The molecule has 2 aromatic rings. The summed E-state index contributed by atoms with van der Waals surface area (Å²) in [5.74, 6) is 0.770. The molecule has 25 heavy (non-hydrogen) atoms. The Morgan fingerprint density at radius 3 is 2.28 bits per heavy atom. The van der Waals surface area contributed by atoms with Crippen LogP contribution in [-0.4, -0.2) is 27.2 Å². The lowest BCUT2D eigenvalue weighted by atomic mass is 10.2. The molecule has 136 valence electrons. The van der Waals surface area contributed by atoms with Crippen molar-refractivity contribution in [3.63, 3.8) is 0 Å². The van der Waals surface area contributed by atoms with Gasteiger partial charge in [-0.15, -0.1) is 0 Å². The highest BCUT2D eigenvalue weighted by Crippen LogP contribution is 2.36. The molecule has 0 saturated carbocycles. The number of methoxy groups -OCH3 is 1. The molecule has 0 unspecified atom stereocenters. The SMILES string of the molecule is COCOc1cnccc1[Si](OCc1ccccc1)(C(C)C)C(C)C. The monoisotopic (exact) mass is 359 g/mol. The molecule has 0 aliphatic heterocycles. The molecular weight excluding hydrogens is 330 g/mol. The maximum absolute atomic E-state index is 6.74. The van der Waals surface area contributed by atoms with E-state index in [0.717, 1.165) is 10.9 Å². The first-order valence-corrected chi connectivity index (χ1v) is 10.8. The number of rotatable bonds is 9. The number of hydrogen-bond donors (Lipinski definition) is 0. The maximum atomic E-state index is 6.74. The van der Waals surface area contributed by atoms with Gasteiger partial charge in [-0.25, -0.2) is 0 Å². The second kappa shape index (κ2) is 9.13. The summed E-state index contributed by atoms with van der Waals surface area (Å²) < 4.78 is 17.6. The summed E-state index contributed by atoms with van der Waals surface area (Å²) in [6, 6.07) is 12.4. The van der Waals surface area contributed by atoms with Gasteiger partial charge in [-0.05, 0) is 22.7 Å². The maximum Gasteiger partial charge on any atom is 0.233 e. The van der Waals surface area contributed by atoms with Crippen LogP contribution in [0, 0.1) is 0 Å². The Labute approximate surface area is 152 Å². The average molecular weight is 360 g/mol. The standard InChI is InChI=1S/C20H29NO3Si/c1-16(2)25(17(3)4,24-14-18-9-7-6-8-10-18)20-11-12-21-13-19(20)23-15-22-5/h6-13,16-17H,14-15H2,1-5H3. The van der Waals surface area contributed by atoms with Crippen LogP contribution in [0.25, 0.3) is 0 Å². The van der Waals surface area contributed by atoms with E-state index in [1.54, 1.807) is 13.3 Å². The lowest BCUT2D eigenvalue weighted by Crippen LogP contribution is -2.56. The van der Waals surface area contributed by atoms with Gasteiger partial charge in [0.15, 0.2) is 6.79 Å². The van der Waals surface area contributed by atoms with Crippen LogP contribution in [-0.2, 0) is 15.8 Å². The van der Waals surface area contributed by atoms with Crippen molar-refractivity contribution in [3.05, 3.63) is 54.4 Å². The lowest BCUT2D eigenvalue weighted by molar-refractivity contribution is 0.0514. The van der Waals surface area contributed by atoms with Gasteiger partial charge in [0.05, 0.1) is 12.8 Å². The Morgan fingerprint density at radius 2 is 1.68 bits per heavy atom. The average Bonchev–Trinajstić information content (AvgIpc) is 2.61. The van der Waals surface area contributed by atoms with Crippen molar-refractivity contribution in [2.24, 2.45) is 0 Å². The molecule has 0 N–H and O–H groups in total. The van der Waals surface area contributed by atoms with E-state index in [1.165, 1.54) is 5.56 Å². The first kappa shape index (κ1) is 19.6. The van der Waals surface area contributed by atoms with Gasteiger partial charge in [0.2, 0.25) is 8.32 Å². The molecule has 5 heteroatoms. The summed E-state index contributed by atoms with van der Waals surface area (Å²) in [6.07, 6.45) is 3.60. The van der Waals surface area contributed by atoms with Gasteiger partial charge in [0.1, 0.15) is 5.75 Å². The zero-order valence-corrected chi connectivity index (χ0v) is 16.9. The smallest absolute Gasteiger partial charge is 0.233 e. The number of hydrogen-bond acceptors (Lipinski definition) is 4. The molecule has 0 fully saturated rings. The molecule has 0 amide bonds. The van der Waals surface area contributed by atoms with Crippen LogP contribution in [0.1, 0.15) is 33.3 Å². The molecule has 0 radical (unpaired) electrons. The number of benzene rings is 1. The molecule has 1 aromatic heterocycles. The van der Waals surface area contributed by atoms with Crippen LogP contribution in [0.3, 0.4) is 0 Å². The van der Waals surface area contributed by atoms with Crippen LogP contribution in [0.15, 0.2) is 48.8 Å². The fraction of sp³-hybridized carbons (Fsp3) is 0.450. The first-order valence-electron chi connectivity index (χ1n) is 8.76. The molecule has 0 aliphatic rings. The predicted octanol–water partition coefficient (Wildman–Crippen LogP) is 4.25. The molecule has 0 spiro atoms. The molecule has 1 heterocycles. The van der Waals surface area contributed by atoms with Gasteiger partial charge >= 0.3 is 0 Å². The van der Waals surface area contributed by atoms with E-state index in [1.807, 2.05) is 24.4 Å². The van der Waals surface area contributed by atoms with Gasteiger partial charge in [-0.1, -0.05) is 58.0 Å². The Bertz CT molecular complexity index is 638. The Morgan fingerprint density at radius 1 is 1.00 bits per heavy atom.